The average Bonchev–Trinajstić information content (AvgIpc) is 2.12. The summed E-state index contributed by atoms with van der Waals surface area (Å²) in [5, 5.41) is 0. The minimum Gasteiger partial charge on any atom is -0.0617 e. The second-order valence-electron chi connectivity index (χ2n) is 7.52. The van der Waals surface area contributed by atoms with Gasteiger partial charge in [-0.2, -0.15) is 0 Å². The average molecular weight is 230 g/mol. The summed E-state index contributed by atoms with van der Waals surface area (Å²) in [5.74, 6) is 0.744. The van der Waals surface area contributed by atoms with Crippen molar-refractivity contribution in [2.75, 3.05) is 0 Å². The van der Waals surface area contributed by atoms with Crippen LogP contribution in [0.5, 0.6) is 0 Å². The van der Waals surface area contributed by atoms with Crippen molar-refractivity contribution >= 4 is 0 Å². The molecule has 1 saturated carbocycles. The highest BCUT2D eigenvalue weighted by Gasteiger charge is 2.38. The Morgan fingerprint density at radius 2 is 1.59 bits per heavy atom. The minimum absolute atomic E-state index is 0.482. The smallest absolute Gasteiger partial charge is 0.0152 e. The van der Waals surface area contributed by atoms with E-state index in [-0.39, 0.29) is 0 Å². The second kappa shape index (κ2) is 4.15. The summed E-state index contributed by atoms with van der Waals surface area (Å²) in [4.78, 5) is 0. The molecule has 0 atom stereocenters. The third-order valence-corrected chi connectivity index (χ3v) is 4.07. The molecule has 0 amide bonds. The molecule has 0 nitrogen and oxygen atoms in total. The molecule has 2 rings (SSSR count). The van der Waals surface area contributed by atoms with Gasteiger partial charge in [0, 0.05) is 0 Å². The molecule has 0 aromatic heterocycles. The summed E-state index contributed by atoms with van der Waals surface area (Å²) < 4.78 is 0. The van der Waals surface area contributed by atoms with Crippen molar-refractivity contribution < 1.29 is 0 Å². The molecule has 1 aromatic rings. The summed E-state index contributed by atoms with van der Waals surface area (Å²) in [5.41, 5.74) is 3.90. The topological polar surface area (TPSA) is 0 Å². The quantitative estimate of drug-likeness (QED) is 0.613. The number of aryl methyl sites for hydroxylation is 1. The van der Waals surface area contributed by atoms with Crippen LogP contribution < -0.4 is 0 Å². The molecule has 0 unspecified atom stereocenters. The van der Waals surface area contributed by atoms with Crippen LogP contribution in [-0.4, -0.2) is 0 Å². The first-order chi connectivity index (χ1) is 7.77. The van der Waals surface area contributed by atoms with Crippen molar-refractivity contribution in [1.29, 1.82) is 0 Å². The zero-order valence-corrected chi connectivity index (χ0v) is 12.0. The van der Waals surface area contributed by atoms with Gasteiger partial charge in [-0.05, 0) is 48.5 Å². The van der Waals surface area contributed by atoms with Gasteiger partial charge in [-0.25, -0.2) is 0 Å². The monoisotopic (exact) mass is 230 g/mol. The maximum absolute atomic E-state index is 2.43. The third kappa shape index (κ3) is 3.12. The van der Waals surface area contributed by atoms with Crippen LogP contribution >= 0.6 is 0 Å². The predicted octanol–water partition coefficient (Wildman–Crippen LogP) is 5.31. The van der Waals surface area contributed by atoms with Gasteiger partial charge in [0.15, 0.2) is 0 Å². The predicted molar refractivity (Wildman–Crippen MR) is 75.3 cm³/mol. The summed E-state index contributed by atoms with van der Waals surface area (Å²) in [6, 6.07) is 9.10. The van der Waals surface area contributed by atoms with E-state index in [0.717, 1.165) is 5.92 Å². The van der Waals surface area contributed by atoms with Crippen molar-refractivity contribution in [3.63, 3.8) is 0 Å². The Hall–Kier alpha value is -0.780. The highest BCUT2D eigenvalue weighted by Crippen LogP contribution is 2.51. The third-order valence-electron chi connectivity index (χ3n) is 4.07. The van der Waals surface area contributed by atoms with Crippen molar-refractivity contribution in [2.45, 2.75) is 59.8 Å². The normalized spacial score (nSPS) is 23.6. The van der Waals surface area contributed by atoms with Gasteiger partial charge in [0.25, 0.3) is 0 Å². The molecule has 1 aliphatic carbocycles. The van der Waals surface area contributed by atoms with E-state index in [1.165, 1.54) is 24.8 Å². The van der Waals surface area contributed by atoms with Gasteiger partial charge in [0.2, 0.25) is 0 Å². The zero-order valence-electron chi connectivity index (χ0n) is 12.0. The molecule has 0 radical (unpaired) electrons. The molecule has 0 aliphatic heterocycles. The Balaban J connectivity index is 2.27. The van der Waals surface area contributed by atoms with Crippen molar-refractivity contribution in [3.8, 4) is 0 Å². The van der Waals surface area contributed by atoms with Gasteiger partial charge in [0.1, 0.15) is 0 Å². The maximum Gasteiger partial charge on any atom is -0.0152 e. The molecule has 0 saturated heterocycles. The van der Waals surface area contributed by atoms with Gasteiger partial charge >= 0.3 is 0 Å². The lowest BCUT2D eigenvalue weighted by Gasteiger charge is -2.45. The van der Waals surface area contributed by atoms with Crippen LogP contribution in [0.15, 0.2) is 24.3 Å². The minimum atomic E-state index is 0.482. The molecule has 0 spiro atoms. The lowest BCUT2D eigenvalue weighted by Crippen LogP contribution is -2.32. The maximum atomic E-state index is 2.43. The molecule has 0 heterocycles. The summed E-state index contributed by atoms with van der Waals surface area (Å²) >= 11 is 0. The van der Waals surface area contributed by atoms with E-state index in [9.17, 15) is 0 Å². The van der Waals surface area contributed by atoms with Crippen LogP contribution in [0.2, 0.25) is 0 Å². The number of hydrogen-bond donors (Lipinski definition) is 0. The van der Waals surface area contributed by atoms with Crippen LogP contribution in [0.25, 0.3) is 0 Å². The number of hydrogen-bond acceptors (Lipinski definition) is 0. The van der Waals surface area contributed by atoms with Crippen molar-refractivity contribution in [1.82, 2.24) is 0 Å². The number of rotatable bonds is 1. The van der Waals surface area contributed by atoms with Crippen LogP contribution in [0, 0.1) is 17.8 Å². The van der Waals surface area contributed by atoms with E-state index in [1.54, 1.807) is 5.56 Å². The van der Waals surface area contributed by atoms with E-state index in [1.807, 2.05) is 0 Å². The summed E-state index contributed by atoms with van der Waals surface area (Å²) in [6.07, 6.45) is 4.02. The van der Waals surface area contributed by atoms with Gasteiger partial charge in [-0.3, -0.25) is 0 Å². The van der Waals surface area contributed by atoms with Gasteiger partial charge in [0.05, 0.1) is 0 Å². The fraction of sp³-hybridized carbons (Fsp3) is 0.647. The first-order valence-electron chi connectivity index (χ1n) is 6.84. The van der Waals surface area contributed by atoms with Crippen LogP contribution in [0.4, 0.5) is 0 Å². The number of benzene rings is 1. The highest BCUT2D eigenvalue weighted by molar-refractivity contribution is 5.26. The Morgan fingerprint density at radius 1 is 1.00 bits per heavy atom. The van der Waals surface area contributed by atoms with Gasteiger partial charge in [-0.15, -0.1) is 0 Å². The lowest BCUT2D eigenvalue weighted by atomic mass is 9.60. The lowest BCUT2D eigenvalue weighted by molar-refractivity contribution is 0.0969. The Labute approximate surface area is 106 Å². The molecular formula is C17H26. The second-order valence-corrected chi connectivity index (χ2v) is 7.52. The highest BCUT2D eigenvalue weighted by atomic mass is 14.4. The SMILES string of the molecule is Cc1cccc(C2CC(C)(C)CC(C)(C)C2)c1. The first-order valence-corrected chi connectivity index (χ1v) is 6.84. The molecule has 1 aliphatic rings. The summed E-state index contributed by atoms with van der Waals surface area (Å²) in [6.45, 7) is 11.9. The molecule has 0 N–H and O–H groups in total. The summed E-state index contributed by atoms with van der Waals surface area (Å²) in [7, 11) is 0. The van der Waals surface area contributed by atoms with E-state index < -0.39 is 0 Å². The first kappa shape index (κ1) is 12.7. The van der Waals surface area contributed by atoms with E-state index >= 15 is 0 Å². The van der Waals surface area contributed by atoms with E-state index in [0.29, 0.717) is 10.8 Å². The fourth-order valence-electron chi connectivity index (χ4n) is 4.01. The zero-order chi connectivity index (χ0) is 12.7. The molecular weight excluding hydrogens is 204 g/mol. The van der Waals surface area contributed by atoms with Crippen molar-refractivity contribution in [3.05, 3.63) is 35.4 Å². The Morgan fingerprint density at radius 3 is 2.12 bits per heavy atom. The van der Waals surface area contributed by atoms with Crippen molar-refractivity contribution in [2.24, 2.45) is 10.8 Å². The van der Waals surface area contributed by atoms with Gasteiger partial charge in [-0.1, -0.05) is 57.5 Å². The van der Waals surface area contributed by atoms with Crippen LogP contribution in [-0.2, 0) is 0 Å². The Kier molecular flexibility index (Phi) is 3.10. The molecule has 17 heavy (non-hydrogen) atoms. The molecule has 94 valence electrons. The molecule has 1 aromatic carbocycles. The van der Waals surface area contributed by atoms with Crippen LogP contribution in [0.3, 0.4) is 0 Å². The van der Waals surface area contributed by atoms with E-state index in [2.05, 4.69) is 58.9 Å². The van der Waals surface area contributed by atoms with Gasteiger partial charge < -0.3 is 0 Å². The molecule has 1 fully saturated rings. The fourth-order valence-corrected chi connectivity index (χ4v) is 4.01. The molecule has 0 bridgehead atoms. The standard InChI is InChI=1S/C17H26/c1-13-7-6-8-14(9-13)15-10-16(2,3)12-17(4,5)11-15/h6-9,15H,10-12H2,1-5H3. The van der Waals surface area contributed by atoms with E-state index in [4.69, 9.17) is 0 Å². The van der Waals surface area contributed by atoms with Crippen LogP contribution in [0.1, 0.15) is 64.0 Å². The molecule has 0 heteroatoms. The Bertz CT molecular complexity index is 382. The largest absolute Gasteiger partial charge is 0.0617 e.